The molecule has 8 nitrogen and oxygen atoms in total. The molecule has 1 aliphatic carbocycles. The Labute approximate surface area is 170 Å². The molecule has 29 heavy (non-hydrogen) atoms. The predicted octanol–water partition coefficient (Wildman–Crippen LogP) is 2.26. The summed E-state index contributed by atoms with van der Waals surface area (Å²) in [5, 5.41) is 8.56. The molecule has 1 saturated heterocycles. The summed E-state index contributed by atoms with van der Waals surface area (Å²) in [6.07, 6.45) is 0.600. The lowest BCUT2D eigenvalue weighted by atomic mass is 10.1. The number of aromatic nitrogens is 1. The van der Waals surface area contributed by atoms with E-state index in [1.54, 1.807) is 0 Å². The SMILES string of the molecule is CO[C@H]1CN(c2c(F)cc3c(=O)c(OC(=O)O)cn(C4CC4)c3c2F)C[C@@H]1N.Cl. The first-order chi connectivity index (χ1) is 13.3. The van der Waals surface area contributed by atoms with E-state index in [0.717, 1.165) is 18.9 Å². The van der Waals surface area contributed by atoms with Gasteiger partial charge in [-0.15, -0.1) is 12.4 Å². The molecule has 4 rings (SSSR count). The average molecular weight is 432 g/mol. The Morgan fingerprint density at radius 3 is 2.55 bits per heavy atom. The van der Waals surface area contributed by atoms with Gasteiger partial charge < -0.3 is 29.8 Å². The van der Waals surface area contributed by atoms with Crippen molar-refractivity contribution < 1.29 is 28.2 Å². The van der Waals surface area contributed by atoms with Crippen molar-refractivity contribution in [2.24, 2.45) is 5.73 Å². The lowest BCUT2D eigenvalue weighted by Gasteiger charge is -2.22. The molecule has 2 heterocycles. The summed E-state index contributed by atoms with van der Waals surface area (Å²) in [5.74, 6) is -2.30. The van der Waals surface area contributed by atoms with E-state index >= 15 is 4.39 Å². The molecule has 158 valence electrons. The van der Waals surface area contributed by atoms with Crippen LogP contribution in [0.3, 0.4) is 0 Å². The zero-order chi connectivity index (χ0) is 20.2. The topological polar surface area (TPSA) is 107 Å². The molecule has 2 aliphatic rings. The second-order valence-electron chi connectivity index (χ2n) is 7.09. The van der Waals surface area contributed by atoms with Gasteiger partial charge in [-0.25, -0.2) is 13.6 Å². The molecule has 2 aromatic rings. The average Bonchev–Trinajstić information content (AvgIpc) is 3.40. The second-order valence-corrected chi connectivity index (χ2v) is 7.09. The van der Waals surface area contributed by atoms with E-state index in [1.807, 2.05) is 0 Å². The number of ether oxygens (including phenoxy) is 2. The summed E-state index contributed by atoms with van der Waals surface area (Å²) in [6, 6.07) is 0.408. The van der Waals surface area contributed by atoms with Gasteiger partial charge >= 0.3 is 6.16 Å². The largest absolute Gasteiger partial charge is 0.511 e. The highest BCUT2D eigenvalue weighted by molar-refractivity contribution is 5.86. The van der Waals surface area contributed by atoms with E-state index in [-0.39, 0.29) is 54.2 Å². The number of hydrogen-bond donors (Lipinski definition) is 2. The van der Waals surface area contributed by atoms with Crippen molar-refractivity contribution in [3.05, 3.63) is 34.1 Å². The number of halogens is 3. The van der Waals surface area contributed by atoms with Crippen LogP contribution in [-0.2, 0) is 4.74 Å². The third-order valence-corrected chi connectivity index (χ3v) is 5.22. The second kappa shape index (κ2) is 7.77. The number of carbonyl (C=O) groups is 1. The molecule has 1 aromatic heterocycles. The number of nitrogens with two attached hydrogens (primary N) is 1. The van der Waals surface area contributed by atoms with Crippen LogP contribution in [-0.4, -0.2) is 48.2 Å². The van der Waals surface area contributed by atoms with E-state index in [9.17, 15) is 14.0 Å². The van der Waals surface area contributed by atoms with Gasteiger partial charge in [0.2, 0.25) is 5.43 Å². The quantitative estimate of drug-likeness (QED) is 0.715. The number of rotatable bonds is 4. The summed E-state index contributed by atoms with van der Waals surface area (Å²) in [6.45, 7) is 0.413. The highest BCUT2D eigenvalue weighted by Gasteiger charge is 2.35. The molecule has 0 radical (unpaired) electrons. The third-order valence-electron chi connectivity index (χ3n) is 5.22. The zero-order valence-electron chi connectivity index (χ0n) is 15.4. The van der Waals surface area contributed by atoms with Crippen molar-refractivity contribution in [2.75, 3.05) is 25.1 Å². The van der Waals surface area contributed by atoms with Crippen LogP contribution in [0.15, 0.2) is 17.1 Å². The standard InChI is InChI=1S/C18H19F2N3O5.ClH/c1-27-12-6-22(5-11(12)21)16-10(19)4-9-15(14(16)20)23(8-2-3-8)7-13(17(9)24)28-18(25)26;/h4,7-8,11-12H,2-3,5-6,21H2,1H3,(H,25,26);1H/t11-,12-;/m0./s1. The fourth-order valence-corrected chi connectivity index (χ4v) is 3.73. The van der Waals surface area contributed by atoms with Gasteiger partial charge in [0.05, 0.1) is 29.2 Å². The number of pyridine rings is 1. The van der Waals surface area contributed by atoms with E-state index in [1.165, 1.54) is 22.8 Å². The number of benzene rings is 1. The number of carboxylic acid groups (broad SMARTS) is 1. The first kappa shape index (κ1) is 21.3. The lowest BCUT2D eigenvalue weighted by Crippen LogP contribution is -2.34. The Morgan fingerprint density at radius 2 is 2.00 bits per heavy atom. The van der Waals surface area contributed by atoms with Crippen LogP contribution in [0.2, 0.25) is 0 Å². The highest BCUT2D eigenvalue weighted by Crippen LogP contribution is 2.40. The molecule has 0 bridgehead atoms. The minimum absolute atomic E-state index is 0. The van der Waals surface area contributed by atoms with Gasteiger partial charge in [0.1, 0.15) is 11.5 Å². The maximum atomic E-state index is 15.5. The van der Waals surface area contributed by atoms with Crippen molar-refractivity contribution in [2.45, 2.75) is 31.0 Å². The molecule has 1 aromatic carbocycles. The summed E-state index contributed by atoms with van der Waals surface area (Å²) < 4.78 is 41.5. The summed E-state index contributed by atoms with van der Waals surface area (Å²) in [7, 11) is 1.48. The maximum Gasteiger partial charge on any atom is 0.511 e. The molecule has 0 spiro atoms. The first-order valence-corrected chi connectivity index (χ1v) is 8.82. The van der Waals surface area contributed by atoms with Crippen LogP contribution in [0, 0.1) is 11.6 Å². The van der Waals surface area contributed by atoms with Gasteiger partial charge in [0, 0.05) is 26.2 Å². The van der Waals surface area contributed by atoms with Crippen molar-refractivity contribution in [3.63, 3.8) is 0 Å². The van der Waals surface area contributed by atoms with E-state index in [0.29, 0.717) is 0 Å². The molecule has 2 atom stereocenters. The van der Waals surface area contributed by atoms with Gasteiger partial charge in [0.25, 0.3) is 0 Å². The first-order valence-electron chi connectivity index (χ1n) is 8.82. The van der Waals surface area contributed by atoms with Crippen LogP contribution in [0.4, 0.5) is 19.3 Å². The predicted molar refractivity (Wildman–Crippen MR) is 103 cm³/mol. The van der Waals surface area contributed by atoms with Crippen molar-refractivity contribution in [1.82, 2.24) is 4.57 Å². The van der Waals surface area contributed by atoms with Gasteiger partial charge in [0.15, 0.2) is 11.6 Å². The minimum atomic E-state index is -1.67. The molecule has 1 saturated carbocycles. The number of anilines is 1. The fraction of sp³-hybridized carbons (Fsp3) is 0.444. The molecular formula is C18H20ClF2N3O5. The van der Waals surface area contributed by atoms with Crippen LogP contribution in [0.25, 0.3) is 10.9 Å². The smallest absolute Gasteiger partial charge is 0.449 e. The molecule has 2 fully saturated rings. The van der Waals surface area contributed by atoms with Crippen molar-refractivity contribution in [1.29, 1.82) is 0 Å². The summed E-state index contributed by atoms with van der Waals surface area (Å²) >= 11 is 0. The van der Waals surface area contributed by atoms with E-state index < -0.39 is 35.0 Å². The van der Waals surface area contributed by atoms with Crippen LogP contribution in [0.1, 0.15) is 18.9 Å². The normalized spacial score (nSPS) is 21.3. The van der Waals surface area contributed by atoms with Crippen molar-refractivity contribution in [3.8, 4) is 5.75 Å². The molecule has 1 aliphatic heterocycles. The number of fused-ring (bicyclic) bond motifs is 1. The molecular weight excluding hydrogens is 412 g/mol. The zero-order valence-corrected chi connectivity index (χ0v) is 16.2. The van der Waals surface area contributed by atoms with E-state index in [2.05, 4.69) is 4.74 Å². The monoisotopic (exact) mass is 431 g/mol. The molecule has 0 amide bonds. The van der Waals surface area contributed by atoms with E-state index in [4.69, 9.17) is 15.6 Å². The Morgan fingerprint density at radius 1 is 1.31 bits per heavy atom. The number of nitrogens with zero attached hydrogens (tertiary/aromatic N) is 2. The maximum absolute atomic E-state index is 15.5. The number of methoxy groups -OCH3 is 1. The van der Waals surface area contributed by atoms with Crippen LogP contribution < -0.4 is 20.8 Å². The number of hydrogen-bond acceptors (Lipinski definition) is 6. The van der Waals surface area contributed by atoms with Crippen LogP contribution >= 0.6 is 12.4 Å². The Bertz CT molecular complexity index is 1030. The van der Waals surface area contributed by atoms with Gasteiger partial charge in [-0.1, -0.05) is 0 Å². The molecule has 0 unspecified atom stereocenters. The Hall–Kier alpha value is -2.43. The van der Waals surface area contributed by atoms with Crippen molar-refractivity contribution >= 4 is 35.2 Å². The summed E-state index contributed by atoms with van der Waals surface area (Å²) in [4.78, 5) is 24.9. The Kier molecular flexibility index (Phi) is 5.70. The molecule has 3 N–H and O–H groups in total. The highest BCUT2D eigenvalue weighted by atomic mass is 35.5. The van der Waals surface area contributed by atoms with Gasteiger partial charge in [-0.3, -0.25) is 4.79 Å². The third kappa shape index (κ3) is 3.63. The summed E-state index contributed by atoms with van der Waals surface area (Å²) in [5.41, 5.74) is 4.74. The lowest BCUT2D eigenvalue weighted by molar-refractivity contribution is 0.108. The minimum Gasteiger partial charge on any atom is -0.449 e. The molecule has 11 heteroatoms. The van der Waals surface area contributed by atoms with Gasteiger partial charge in [-0.05, 0) is 18.9 Å². The Balaban J connectivity index is 0.00000240. The van der Waals surface area contributed by atoms with Gasteiger partial charge in [-0.2, -0.15) is 0 Å². The fourth-order valence-electron chi connectivity index (χ4n) is 3.73. The van der Waals surface area contributed by atoms with Crippen LogP contribution in [0.5, 0.6) is 5.75 Å².